The van der Waals surface area contributed by atoms with Gasteiger partial charge in [0, 0.05) is 41.0 Å². The van der Waals surface area contributed by atoms with Crippen LogP contribution in [0.15, 0.2) is 55.1 Å². The molecule has 0 bridgehead atoms. The normalized spacial score (nSPS) is 20.0. The average molecular weight is 717 g/mol. The monoisotopic (exact) mass is 716 g/mol. The highest BCUT2D eigenvalue weighted by molar-refractivity contribution is 6.35. The third kappa shape index (κ3) is 5.57. The molecular formula is C38H34ClFN10O2. The van der Waals surface area contributed by atoms with Gasteiger partial charge in [0.05, 0.1) is 41.0 Å². The number of likely N-dealkylation sites (N-methyl/N-ethyl adjacent to an activating group) is 1. The molecule has 2 aliphatic heterocycles. The molecule has 6 aromatic rings. The number of halogens is 2. The lowest BCUT2D eigenvalue weighted by Gasteiger charge is -2.38. The summed E-state index contributed by atoms with van der Waals surface area (Å²) in [5.74, 6) is -0.727. The number of benzene rings is 3. The van der Waals surface area contributed by atoms with Crippen LogP contribution < -0.4 is 4.74 Å². The van der Waals surface area contributed by atoms with Crippen LogP contribution in [0.5, 0.6) is 5.88 Å². The molecule has 0 aliphatic carbocycles. The molecule has 0 spiro atoms. The zero-order valence-electron chi connectivity index (χ0n) is 28.6. The third-order valence-corrected chi connectivity index (χ3v) is 10.9. The molecule has 3 aromatic carbocycles. The number of nitrogens with zero attached hydrogens (tertiary/aromatic N) is 9. The van der Waals surface area contributed by atoms with Gasteiger partial charge in [-0.05, 0) is 69.3 Å². The van der Waals surface area contributed by atoms with Crippen LogP contribution in [0.3, 0.4) is 0 Å². The Morgan fingerprint density at radius 2 is 1.98 bits per heavy atom. The summed E-state index contributed by atoms with van der Waals surface area (Å²) in [7, 11) is 2.07. The van der Waals surface area contributed by atoms with Gasteiger partial charge in [0.1, 0.15) is 17.9 Å². The minimum atomic E-state index is -0.637. The van der Waals surface area contributed by atoms with Crippen LogP contribution in [0.2, 0.25) is 5.02 Å². The van der Waals surface area contributed by atoms with Crippen LogP contribution in [-0.2, 0) is 0 Å². The maximum absolute atomic E-state index is 17.3. The molecule has 8 rings (SSSR count). The zero-order valence-corrected chi connectivity index (χ0v) is 29.3. The van der Waals surface area contributed by atoms with Gasteiger partial charge < -0.3 is 14.2 Å². The van der Waals surface area contributed by atoms with E-state index in [1.165, 1.54) is 6.33 Å². The van der Waals surface area contributed by atoms with Crippen molar-refractivity contribution in [2.75, 3.05) is 20.1 Å². The number of fused-ring (bicyclic) bond motifs is 4. The molecule has 262 valence electrons. The molecule has 4 atom stereocenters. The van der Waals surface area contributed by atoms with E-state index in [9.17, 15) is 15.3 Å². The molecule has 3 aromatic heterocycles. The van der Waals surface area contributed by atoms with Crippen LogP contribution in [0.25, 0.3) is 43.8 Å². The van der Waals surface area contributed by atoms with E-state index in [2.05, 4.69) is 39.3 Å². The zero-order chi connectivity index (χ0) is 36.1. The van der Waals surface area contributed by atoms with Crippen molar-refractivity contribution in [1.29, 1.82) is 10.5 Å². The van der Waals surface area contributed by atoms with Gasteiger partial charge in [-0.1, -0.05) is 41.9 Å². The largest absolute Gasteiger partial charge is 0.471 e. The summed E-state index contributed by atoms with van der Waals surface area (Å²) in [6.07, 6.45) is 5.90. The van der Waals surface area contributed by atoms with Crippen LogP contribution in [0.1, 0.15) is 61.3 Å². The molecule has 5 heterocycles. The summed E-state index contributed by atoms with van der Waals surface area (Å²) < 4.78 is 25.9. The number of hydrogen-bond acceptors (Lipinski definition) is 9. The lowest BCUT2D eigenvalue weighted by Crippen LogP contribution is -2.46. The highest BCUT2D eigenvalue weighted by Crippen LogP contribution is 2.44. The molecule has 0 saturated carbocycles. The fourth-order valence-corrected chi connectivity index (χ4v) is 8.45. The van der Waals surface area contributed by atoms with Crippen molar-refractivity contribution < 1.29 is 13.9 Å². The van der Waals surface area contributed by atoms with E-state index in [0.29, 0.717) is 52.3 Å². The van der Waals surface area contributed by atoms with E-state index in [1.54, 1.807) is 35.5 Å². The molecule has 14 heteroatoms. The Hall–Kier alpha value is -5.63. The number of H-pyrrole nitrogens is 1. The SMILES string of the molecule is C[C@H](Oc1nc2c(F)c(-c3cccc4cccc(C#N)c34)c(Cl)cc2c2c1ncn2[C@H]1CCN(C(=O)c2nc[nH]n2)[C@H](CC#N)C1)[C@@H]1CCCN1C. The summed E-state index contributed by atoms with van der Waals surface area (Å²) in [6, 6.07) is 16.6. The molecular weight excluding hydrogens is 683 g/mol. The smallest absolute Gasteiger partial charge is 0.293 e. The highest BCUT2D eigenvalue weighted by Gasteiger charge is 2.36. The topological polar surface area (TPSA) is 153 Å². The number of likely N-dealkylation sites (tertiary alicyclic amines) is 2. The first kappa shape index (κ1) is 33.5. The maximum Gasteiger partial charge on any atom is 0.293 e. The van der Waals surface area contributed by atoms with E-state index in [-0.39, 0.29) is 58.3 Å². The maximum atomic E-state index is 17.3. The number of carbonyl (C=O) groups excluding carboxylic acids is 1. The van der Waals surface area contributed by atoms with E-state index in [1.807, 2.05) is 29.7 Å². The Morgan fingerprint density at radius 3 is 2.71 bits per heavy atom. The van der Waals surface area contributed by atoms with E-state index < -0.39 is 11.9 Å². The van der Waals surface area contributed by atoms with Gasteiger partial charge in [0.15, 0.2) is 11.3 Å². The highest BCUT2D eigenvalue weighted by atomic mass is 35.5. The number of hydrogen-bond donors (Lipinski definition) is 1. The predicted molar refractivity (Wildman–Crippen MR) is 193 cm³/mol. The van der Waals surface area contributed by atoms with Gasteiger partial charge in [0.2, 0.25) is 11.7 Å². The first-order chi connectivity index (χ1) is 25.3. The average Bonchev–Trinajstić information content (AvgIpc) is 3.94. The number of nitrogens with one attached hydrogen (secondary N) is 1. The van der Waals surface area contributed by atoms with Gasteiger partial charge >= 0.3 is 0 Å². The number of ether oxygens (including phenoxy) is 1. The van der Waals surface area contributed by atoms with Crippen molar-refractivity contribution in [3.63, 3.8) is 0 Å². The summed E-state index contributed by atoms with van der Waals surface area (Å²) in [6.45, 7) is 3.31. The first-order valence-corrected chi connectivity index (χ1v) is 17.7. The molecule has 1 amide bonds. The first-order valence-electron chi connectivity index (χ1n) is 17.3. The fourth-order valence-electron chi connectivity index (χ4n) is 8.16. The number of pyridine rings is 1. The Labute approximate surface area is 303 Å². The summed E-state index contributed by atoms with van der Waals surface area (Å²) in [5.41, 5.74) is 2.17. The number of piperidine rings is 1. The van der Waals surface area contributed by atoms with Gasteiger partial charge in [-0.15, -0.1) is 5.10 Å². The number of amides is 1. The second kappa shape index (κ2) is 13.5. The quantitative estimate of drug-likeness (QED) is 0.188. The third-order valence-electron chi connectivity index (χ3n) is 10.6. The van der Waals surface area contributed by atoms with Crippen molar-refractivity contribution in [3.05, 3.63) is 77.3 Å². The molecule has 2 fully saturated rings. The minimum Gasteiger partial charge on any atom is -0.471 e. The van der Waals surface area contributed by atoms with Crippen molar-refractivity contribution in [1.82, 2.24) is 39.5 Å². The molecule has 1 N–H and O–H groups in total. The van der Waals surface area contributed by atoms with E-state index in [4.69, 9.17) is 26.3 Å². The number of rotatable bonds is 7. The van der Waals surface area contributed by atoms with Gasteiger partial charge in [0.25, 0.3) is 5.91 Å². The van der Waals surface area contributed by atoms with Gasteiger partial charge in [-0.2, -0.15) is 10.5 Å². The molecule has 2 aliphatic rings. The van der Waals surface area contributed by atoms with Crippen molar-refractivity contribution >= 4 is 50.2 Å². The lowest BCUT2D eigenvalue weighted by molar-refractivity contribution is 0.0554. The molecule has 0 radical (unpaired) electrons. The Kier molecular flexibility index (Phi) is 8.69. The lowest BCUT2D eigenvalue weighted by atomic mass is 9.93. The molecule has 12 nitrogen and oxygen atoms in total. The van der Waals surface area contributed by atoms with Crippen LogP contribution >= 0.6 is 11.6 Å². The Bertz CT molecular complexity index is 2430. The van der Waals surface area contributed by atoms with Gasteiger partial charge in [-0.25, -0.2) is 19.3 Å². The summed E-state index contributed by atoms with van der Waals surface area (Å²) >= 11 is 7.03. The van der Waals surface area contributed by atoms with Crippen LogP contribution in [-0.4, -0.2) is 83.7 Å². The van der Waals surface area contributed by atoms with Crippen LogP contribution in [0, 0.1) is 28.5 Å². The number of carbonyl (C=O) groups is 1. The Morgan fingerprint density at radius 1 is 1.15 bits per heavy atom. The minimum absolute atomic E-state index is 0.0457. The van der Waals surface area contributed by atoms with Gasteiger partial charge in [-0.3, -0.25) is 14.8 Å². The number of nitriles is 2. The summed E-state index contributed by atoms with van der Waals surface area (Å²) in [4.78, 5) is 30.9. The predicted octanol–water partition coefficient (Wildman–Crippen LogP) is 6.81. The van der Waals surface area contributed by atoms with Crippen LogP contribution in [0.4, 0.5) is 4.39 Å². The second-order valence-corrected chi connectivity index (χ2v) is 14.0. The van der Waals surface area contributed by atoms with Crippen molar-refractivity contribution in [3.8, 4) is 29.1 Å². The number of aromatic amines is 1. The number of imidazole rings is 1. The molecule has 52 heavy (non-hydrogen) atoms. The summed E-state index contributed by atoms with van der Waals surface area (Å²) in [5, 5.41) is 28.2. The van der Waals surface area contributed by atoms with E-state index in [0.717, 1.165) is 24.8 Å². The second-order valence-electron chi connectivity index (χ2n) is 13.6. The van der Waals surface area contributed by atoms with Crippen molar-refractivity contribution in [2.24, 2.45) is 0 Å². The molecule has 0 unspecified atom stereocenters. The molecule has 2 saturated heterocycles. The van der Waals surface area contributed by atoms with Crippen molar-refractivity contribution in [2.45, 2.75) is 63.3 Å². The Balaban J connectivity index is 1.29. The fraction of sp³-hybridized carbons (Fsp3) is 0.342. The van der Waals surface area contributed by atoms with E-state index >= 15 is 4.39 Å². The standard InChI is InChI=1S/C38H34ClFN10O2/c1-21(29-10-5-14-48(29)2)52-37-34-35(50(20-44-34)25-12-15-49(24(16-25)11-13-41)38(51)36-43-19-45-47-36)27-17-28(39)31(32(40)33(27)46-37)26-9-4-7-22-6-3-8-23(18-42)30(22)26/h3-4,6-9,17,19-21,24-25,29H,5,10-12,14-16H2,1-2H3,(H,43,45,47)/t21-,24+,25-,29-/m0/s1. The number of aromatic nitrogens is 6.